The Bertz CT molecular complexity index is 573. The largest absolute Gasteiger partial charge is 0.497 e. The van der Waals surface area contributed by atoms with E-state index in [2.05, 4.69) is 38.9 Å². The van der Waals surface area contributed by atoms with Gasteiger partial charge < -0.3 is 25.0 Å². The Hall–Kier alpha value is -1.03. The van der Waals surface area contributed by atoms with Crippen LogP contribution in [0.15, 0.2) is 23.2 Å². The second-order valence-electron chi connectivity index (χ2n) is 6.68. The van der Waals surface area contributed by atoms with Gasteiger partial charge in [0.25, 0.3) is 0 Å². The molecule has 0 unspecified atom stereocenters. The molecule has 0 aliphatic carbocycles. The van der Waals surface area contributed by atoms with Gasteiger partial charge in [0.1, 0.15) is 11.5 Å². The summed E-state index contributed by atoms with van der Waals surface area (Å²) in [6, 6.07) is 6.51. The van der Waals surface area contributed by atoms with Crippen LogP contribution < -0.4 is 25.0 Å². The van der Waals surface area contributed by atoms with Gasteiger partial charge in [-0.15, -0.1) is 24.0 Å². The predicted molar refractivity (Wildman–Crippen MR) is 132 cm³/mol. The number of anilines is 1. The fraction of sp³-hybridized carbons (Fsp3) is 0.650. The minimum Gasteiger partial charge on any atom is -0.497 e. The van der Waals surface area contributed by atoms with Crippen LogP contribution in [0.2, 0.25) is 0 Å². The highest BCUT2D eigenvalue weighted by atomic mass is 127. The summed E-state index contributed by atoms with van der Waals surface area (Å²) in [6.45, 7) is 2.97. The number of methoxy groups -OCH3 is 2. The molecule has 2 N–H and O–H groups in total. The number of ether oxygens (including phenoxy) is 2. The zero-order valence-corrected chi connectivity index (χ0v) is 20.6. The molecule has 2 rings (SSSR count). The summed E-state index contributed by atoms with van der Waals surface area (Å²) < 4.78 is 10.8. The summed E-state index contributed by atoms with van der Waals surface area (Å²) in [4.78, 5) is 6.76. The van der Waals surface area contributed by atoms with Crippen molar-refractivity contribution in [1.29, 1.82) is 0 Å². The Morgan fingerprint density at radius 3 is 2.32 bits per heavy atom. The number of halogens is 1. The van der Waals surface area contributed by atoms with Gasteiger partial charge in [-0.2, -0.15) is 11.8 Å². The molecule has 1 aliphatic rings. The fourth-order valence-electron chi connectivity index (χ4n) is 3.22. The lowest BCUT2D eigenvalue weighted by Gasteiger charge is -2.34. The lowest BCUT2D eigenvalue weighted by Crippen LogP contribution is -2.48. The maximum absolute atomic E-state index is 5.39. The monoisotopic (exact) mass is 522 g/mol. The van der Waals surface area contributed by atoms with Crippen LogP contribution in [0.4, 0.5) is 5.69 Å². The van der Waals surface area contributed by atoms with Gasteiger partial charge >= 0.3 is 0 Å². The zero-order valence-electron chi connectivity index (χ0n) is 17.5. The molecular weight excluding hydrogens is 487 g/mol. The summed E-state index contributed by atoms with van der Waals surface area (Å²) in [5.41, 5.74) is 1.15. The number of rotatable bonds is 9. The molecule has 160 valence electrons. The van der Waals surface area contributed by atoms with E-state index in [9.17, 15) is 0 Å². The van der Waals surface area contributed by atoms with Gasteiger partial charge in [-0.25, -0.2) is 0 Å². The molecule has 1 aliphatic heterocycles. The van der Waals surface area contributed by atoms with Crippen molar-refractivity contribution in [3.8, 4) is 11.5 Å². The number of unbranched alkanes of at least 4 members (excludes halogenated alkanes) is 1. The van der Waals surface area contributed by atoms with Crippen molar-refractivity contribution in [2.45, 2.75) is 31.7 Å². The molecule has 0 amide bonds. The molecule has 8 heteroatoms. The van der Waals surface area contributed by atoms with E-state index in [0.29, 0.717) is 6.04 Å². The first-order valence-electron chi connectivity index (χ1n) is 9.64. The third kappa shape index (κ3) is 8.14. The number of thioether (sulfide) groups is 1. The summed E-state index contributed by atoms with van der Waals surface area (Å²) in [6.07, 6.45) is 6.73. The average Bonchev–Trinajstić information content (AvgIpc) is 2.72. The Labute approximate surface area is 191 Å². The van der Waals surface area contributed by atoms with E-state index in [0.717, 1.165) is 55.6 Å². The first kappa shape index (κ1) is 25.0. The van der Waals surface area contributed by atoms with Crippen LogP contribution in [-0.2, 0) is 0 Å². The SMILES string of the molecule is CN=C(NCCCCSC)NC1CCN(c2cc(OC)cc(OC)c2)CC1.I. The number of hydrogen-bond donors (Lipinski definition) is 2. The Morgan fingerprint density at radius 2 is 1.79 bits per heavy atom. The molecule has 1 saturated heterocycles. The first-order chi connectivity index (χ1) is 13.2. The van der Waals surface area contributed by atoms with Gasteiger partial charge in [-0.3, -0.25) is 4.99 Å². The van der Waals surface area contributed by atoms with Crippen LogP contribution >= 0.6 is 35.7 Å². The number of benzene rings is 1. The summed E-state index contributed by atoms with van der Waals surface area (Å²) >= 11 is 1.90. The van der Waals surface area contributed by atoms with E-state index in [1.165, 1.54) is 18.6 Å². The highest BCUT2D eigenvalue weighted by Crippen LogP contribution is 2.30. The molecular formula is C20H35IN4O2S. The maximum Gasteiger partial charge on any atom is 0.191 e. The van der Waals surface area contributed by atoms with E-state index in [1.807, 2.05) is 24.9 Å². The van der Waals surface area contributed by atoms with Crippen LogP contribution in [0.3, 0.4) is 0 Å². The van der Waals surface area contributed by atoms with Gasteiger partial charge in [0.15, 0.2) is 5.96 Å². The van der Waals surface area contributed by atoms with E-state index in [4.69, 9.17) is 9.47 Å². The molecule has 28 heavy (non-hydrogen) atoms. The second kappa shape index (κ2) is 14.0. The smallest absolute Gasteiger partial charge is 0.191 e. The highest BCUT2D eigenvalue weighted by molar-refractivity contribution is 14.0. The lowest BCUT2D eigenvalue weighted by atomic mass is 10.0. The van der Waals surface area contributed by atoms with Crippen LogP contribution in [0.25, 0.3) is 0 Å². The van der Waals surface area contributed by atoms with Crippen molar-refractivity contribution in [1.82, 2.24) is 10.6 Å². The topological polar surface area (TPSA) is 58.1 Å². The molecule has 0 saturated carbocycles. The number of hydrogen-bond acceptors (Lipinski definition) is 5. The van der Waals surface area contributed by atoms with Gasteiger partial charge in [0, 0.05) is 56.6 Å². The molecule has 0 spiro atoms. The minimum atomic E-state index is 0. The molecule has 0 bridgehead atoms. The standard InChI is InChI=1S/C20H34N4O2S.HI/c1-21-20(22-9-5-6-12-27-4)23-16-7-10-24(11-8-16)17-13-18(25-2)15-19(14-17)26-3;/h13-16H,5-12H2,1-4H3,(H2,21,22,23);1H. The molecule has 1 aromatic carbocycles. The molecule has 0 radical (unpaired) electrons. The van der Waals surface area contributed by atoms with E-state index in [1.54, 1.807) is 14.2 Å². The normalized spacial score (nSPS) is 15.0. The van der Waals surface area contributed by atoms with Crippen LogP contribution in [0, 0.1) is 0 Å². The van der Waals surface area contributed by atoms with Crippen molar-refractivity contribution >= 4 is 47.4 Å². The van der Waals surface area contributed by atoms with Crippen molar-refractivity contribution in [3.05, 3.63) is 18.2 Å². The third-order valence-electron chi connectivity index (χ3n) is 4.83. The van der Waals surface area contributed by atoms with E-state index < -0.39 is 0 Å². The zero-order chi connectivity index (χ0) is 19.5. The Morgan fingerprint density at radius 1 is 1.14 bits per heavy atom. The predicted octanol–water partition coefficient (Wildman–Crippen LogP) is 3.60. The fourth-order valence-corrected chi connectivity index (χ4v) is 3.72. The van der Waals surface area contributed by atoms with Crippen LogP contribution in [0.1, 0.15) is 25.7 Å². The average molecular weight is 522 g/mol. The van der Waals surface area contributed by atoms with Gasteiger partial charge in [-0.05, 0) is 37.7 Å². The maximum atomic E-state index is 5.39. The Kier molecular flexibility index (Phi) is 12.5. The molecule has 1 aromatic rings. The summed E-state index contributed by atoms with van der Waals surface area (Å²) in [7, 11) is 5.22. The van der Waals surface area contributed by atoms with Crippen molar-refractivity contribution in [2.75, 3.05) is 57.8 Å². The molecule has 0 atom stereocenters. The van der Waals surface area contributed by atoms with Gasteiger partial charge in [0.2, 0.25) is 0 Å². The minimum absolute atomic E-state index is 0. The van der Waals surface area contributed by atoms with Crippen LogP contribution in [-0.4, -0.2) is 64.9 Å². The second-order valence-corrected chi connectivity index (χ2v) is 7.66. The Balaban J connectivity index is 0.00000392. The molecule has 0 aromatic heterocycles. The van der Waals surface area contributed by atoms with Crippen molar-refractivity contribution < 1.29 is 9.47 Å². The van der Waals surface area contributed by atoms with Crippen molar-refractivity contribution in [2.24, 2.45) is 4.99 Å². The molecule has 1 heterocycles. The lowest BCUT2D eigenvalue weighted by molar-refractivity contribution is 0.393. The number of piperidine rings is 1. The van der Waals surface area contributed by atoms with Crippen LogP contribution in [0.5, 0.6) is 11.5 Å². The van der Waals surface area contributed by atoms with E-state index in [-0.39, 0.29) is 24.0 Å². The number of nitrogens with zero attached hydrogens (tertiary/aromatic N) is 2. The molecule has 1 fully saturated rings. The summed E-state index contributed by atoms with van der Waals surface area (Å²) in [5, 5.41) is 7.00. The first-order valence-corrected chi connectivity index (χ1v) is 11.0. The third-order valence-corrected chi connectivity index (χ3v) is 5.53. The number of nitrogens with one attached hydrogen (secondary N) is 2. The van der Waals surface area contributed by atoms with E-state index >= 15 is 0 Å². The van der Waals surface area contributed by atoms with Gasteiger partial charge in [-0.1, -0.05) is 0 Å². The van der Waals surface area contributed by atoms with Gasteiger partial charge in [0.05, 0.1) is 14.2 Å². The number of aliphatic imine (C=N–C) groups is 1. The molecule has 6 nitrogen and oxygen atoms in total. The quantitative estimate of drug-likeness (QED) is 0.224. The number of guanidine groups is 1. The highest BCUT2D eigenvalue weighted by Gasteiger charge is 2.21. The summed E-state index contributed by atoms with van der Waals surface area (Å²) in [5.74, 6) is 3.80. The van der Waals surface area contributed by atoms with Crippen molar-refractivity contribution in [3.63, 3.8) is 0 Å².